The van der Waals surface area contributed by atoms with E-state index in [1.54, 1.807) is 0 Å². The second kappa shape index (κ2) is 2.72. The molecule has 0 aromatic rings. The first-order valence-corrected chi connectivity index (χ1v) is 1.31. The van der Waals surface area contributed by atoms with Crippen LogP contribution in [0.25, 0.3) is 0 Å². The molecule has 0 spiro atoms. The van der Waals surface area contributed by atoms with Crippen LogP contribution in [0.3, 0.4) is 0 Å². The van der Waals surface area contributed by atoms with Gasteiger partial charge in [-0.1, -0.05) is 0 Å². The van der Waals surface area contributed by atoms with E-state index in [1.807, 2.05) is 0 Å². The fraction of sp³-hybridized carbons (Fsp3) is 0.500. The van der Waals surface area contributed by atoms with E-state index in [-0.39, 0.29) is 0 Å². The van der Waals surface area contributed by atoms with Crippen molar-refractivity contribution in [2.75, 3.05) is 0 Å². The molecule has 0 N–H and O–H groups in total. The van der Waals surface area contributed by atoms with Gasteiger partial charge in [0.1, 0.15) is 0 Å². The van der Waals surface area contributed by atoms with Gasteiger partial charge in [0, 0.05) is 6.92 Å². The zero-order chi connectivity index (χ0) is 4.99. The van der Waals surface area contributed by atoms with Crippen molar-refractivity contribution in [1.82, 2.24) is 0 Å². The van der Waals surface area contributed by atoms with Crippen LogP contribution in [-0.2, 0) is 14.5 Å². The summed E-state index contributed by atoms with van der Waals surface area (Å²) in [6.07, 6.45) is 0. The van der Waals surface area contributed by atoms with Crippen molar-refractivity contribution < 1.29 is 14.5 Å². The van der Waals surface area contributed by atoms with E-state index in [9.17, 15) is 4.79 Å². The maximum atomic E-state index is 9.62. The Hall–Kier alpha value is -0.505. The van der Waals surface area contributed by atoms with Gasteiger partial charge in [-0.3, -0.25) is 0 Å². The van der Waals surface area contributed by atoms with Crippen LogP contribution < -0.4 is 0 Å². The molecule has 3 nitrogen and oxygen atoms in total. The summed E-state index contributed by atoms with van der Waals surface area (Å²) in [4.78, 5) is 16.8. The van der Waals surface area contributed by atoms with Crippen molar-refractivity contribution in [2.24, 2.45) is 0 Å². The van der Waals surface area contributed by atoms with Crippen LogP contribution >= 0.6 is 0 Å². The van der Waals surface area contributed by atoms with Gasteiger partial charge >= 0.3 is 5.97 Å². The van der Waals surface area contributed by atoms with E-state index in [0.717, 1.165) is 0 Å². The molecule has 0 aromatic heterocycles. The molecule has 4 heteroatoms. The highest BCUT2D eigenvalue weighted by Crippen LogP contribution is 1.69. The lowest BCUT2D eigenvalue weighted by molar-refractivity contribution is -0.209. The molecule has 0 aromatic carbocycles. The first-order chi connectivity index (χ1) is 2.77. The van der Waals surface area contributed by atoms with E-state index < -0.39 is 5.97 Å². The molecule has 3 radical (unpaired) electrons. The van der Waals surface area contributed by atoms with E-state index >= 15 is 0 Å². The lowest BCUT2D eigenvalue weighted by Gasteiger charge is -2.04. The maximum Gasteiger partial charge on any atom is 0.333 e. The van der Waals surface area contributed by atoms with Gasteiger partial charge in [-0.2, -0.15) is 0 Å². The molecule has 0 aliphatic rings. The SMILES string of the molecule is [B-]OOC(C)=O. The molecule has 0 aliphatic carbocycles. The molecule has 0 fully saturated rings. The molecule has 0 heterocycles. The van der Waals surface area contributed by atoms with Gasteiger partial charge in [0.05, 0.1) is 0 Å². The summed E-state index contributed by atoms with van der Waals surface area (Å²) in [5.74, 6) is -0.558. The van der Waals surface area contributed by atoms with Gasteiger partial charge in [0.25, 0.3) is 0 Å². The molecule has 0 rings (SSSR count). The van der Waals surface area contributed by atoms with Crippen LogP contribution in [0.5, 0.6) is 0 Å². The third-order valence-corrected chi connectivity index (χ3v) is 0.165. The molecule has 6 heavy (non-hydrogen) atoms. The molecule has 33 valence electrons. The first-order valence-electron chi connectivity index (χ1n) is 1.31. The van der Waals surface area contributed by atoms with Gasteiger partial charge in [-0.15, -0.1) is 0 Å². The minimum Gasteiger partial charge on any atom is -0.524 e. The molecule has 0 saturated heterocycles. The number of hydrogen-bond donors (Lipinski definition) is 0. The molecule has 0 amide bonds. The second-order valence-corrected chi connectivity index (χ2v) is 0.671. The first kappa shape index (κ1) is 5.49. The van der Waals surface area contributed by atoms with Gasteiger partial charge in [0.2, 0.25) is 0 Å². The van der Waals surface area contributed by atoms with Crippen LogP contribution in [0.15, 0.2) is 0 Å². The van der Waals surface area contributed by atoms with E-state index in [2.05, 4.69) is 17.7 Å². The molecule has 0 aliphatic heterocycles. The van der Waals surface area contributed by atoms with Gasteiger partial charge < -0.3 is 17.7 Å². The molecular weight excluding hydrogens is 82.8 g/mol. The van der Waals surface area contributed by atoms with Crippen molar-refractivity contribution in [1.29, 1.82) is 0 Å². The Bertz CT molecular complexity index is 52.8. The van der Waals surface area contributed by atoms with E-state index in [0.29, 0.717) is 0 Å². The van der Waals surface area contributed by atoms with Crippen molar-refractivity contribution in [3.8, 4) is 0 Å². The van der Waals surface area contributed by atoms with Gasteiger partial charge in [-0.05, 0) is 0 Å². The average molecular weight is 85.9 g/mol. The van der Waals surface area contributed by atoms with E-state index in [1.165, 1.54) is 6.92 Å². The maximum absolute atomic E-state index is 9.62. The Morgan fingerprint density at radius 2 is 2.33 bits per heavy atom. The molecule has 0 saturated carbocycles. The van der Waals surface area contributed by atoms with Crippen LogP contribution in [0.4, 0.5) is 0 Å². The van der Waals surface area contributed by atoms with Crippen LogP contribution in [-0.4, -0.2) is 14.0 Å². The largest absolute Gasteiger partial charge is 0.524 e. The summed E-state index contributed by atoms with van der Waals surface area (Å²) >= 11 is 0. The normalized spacial score (nSPS) is 7.67. The highest BCUT2D eigenvalue weighted by Gasteiger charge is 1.78. The summed E-state index contributed by atoms with van der Waals surface area (Å²) < 4.78 is 0. The number of hydrogen-bond acceptors (Lipinski definition) is 3. The predicted octanol–water partition coefficient (Wildman–Crippen LogP) is -0.435. The van der Waals surface area contributed by atoms with Gasteiger partial charge in [0.15, 0.2) is 0 Å². The third kappa shape index (κ3) is 3.49. The lowest BCUT2D eigenvalue weighted by Crippen LogP contribution is -1.95. The van der Waals surface area contributed by atoms with E-state index in [4.69, 9.17) is 0 Å². The Labute approximate surface area is 36.6 Å². The number of carbonyl (C=O) groups is 1. The highest BCUT2D eigenvalue weighted by molar-refractivity contribution is 5.97. The number of carbonyl (C=O) groups excluding carboxylic acids is 1. The minimum absolute atomic E-state index is 0.558. The summed E-state index contributed by atoms with van der Waals surface area (Å²) in [5, 5.41) is 0. The molecule has 0 bridgehead atoms. The summed E-state index contributed by atoms with van der Waals surface area (Å²) in [5.41, 5.74) is 0. The van der Waals surface area contributed by atoms with Crippen molar-refractivity contribution >= 4 is 14.0 Å². The van der Waals surface area contributed by atoms with Crippen molar-refractivity contribution in [2.45, 2.75) is 6.92 Å². The lowest BCUT2D eigenvalue weighted by atomic mass is 10.6. The second-order valence-electron chi connectivity index (χ2n) is 0.671. The topological polar surface area (TPSA) is 35.5 Å². The Kier molecular flexibility index (Phi) is 2.49. The Morgan fingerprint density at radius 3 is 2.33 bits per heavy atom. The van der Waals surface area contributed by atoms with Crippen LogP contribution in [0.1, 0.15) is 6.92 Å². The summed E-state index contributed by atoms with van der Waals surface area (Å²) in [6.45, 7) is 1.19. The van der Waals surface area contributed by atoms with Crippen LogP contribution in [0, 0.1) is 0 Å². The highest BCUT2D eigenvalue weighted by atomic mass is 17.2. The van der Waals surface area contributed by atoms with Crippen molar-refractivity contribution in [3.05, 3.63) is 0 Å². The Morgan fingerprint density at radius 1 is 1.83 bits per heavy atom. The Balaban J connectivity index is 2.83. The smallest absolute Gasteiger partial charge is 0.333 e. The zero-order valence-electron chi connectivity index (χ0n) is 3.30. The molecular formula is C2H3BO3-. The number of rotatable bonds is 1. The average Bonchev–Trinajstić information content (AvgIpc) is 1.35. The fourth-order valence-electron chi connectivity index (χ4n) is 0.0678. The molecule has 0 unspecified atom stereocenters. The van der Waals surface area contributed by atoms with Crippen LogP contribution in [0.2, 0.25) is 0 Å². The predicted molar refractivity (Wildman–Crippen MR) is 18.6 cm³/mol. The summed E-state index contributed by atoms with van der Waals surface area (Å²) in [7, 11) is 4.29. The zero-order valence-corrected chi connectivity index (χ0v) is 3.30. The standard InChI is InChI=1S/C2H3BO3/c1-2(4)5-6-3/h1H3/q-1. The quantitative estimate of drug-likeness (QED) is 0.246. The van der Waals surface area contributed by atoms with Gasteiger partial charge in [-0.25, -0.2) is 4.79 Å². The fourth-order valence-corrected chi connectivity index (χ4v) is 0.0678. The third-order valence-electron chi connectivity index (χ3n) is 0.165. The minimum atomic E-state index is -0.558. The molecule has 0 atom stereocenters. The van der Waals surface area contributed by atoms with Crippen molar-refractivity contribution in [3.63, 3.8) is 0 Å². The summed E-state index contributed by atoms with van der Waals surface area (Å²) in [6, 6.07) is 0. The monoisotopic (exact) mass is 86.0 g/mol.